The van der Waals surface area contributed by atoms with Crippen LogP contribution in [-0.4, -0.2) is 44.7 Å². The maximum Gasteiger partial charge on any atom is 0.251 e. The number of amides is 1. The van der Waals surface area contributed by atoms with Gasteiger partial charge in [0.15, 0.2) is 11.5 Å². The van der Waals surface area contributed by atoms with E-state index in [0.29, 0.717) is 42.7 Å². The molecule has 0 radical (unpaired) electrons. The molecule has 1 N–H and O–H groups in total. The van der Waals surface area contributed by atoms with Crippen LogP contribution >= 0.6 is 11.6 Å². The lowest BCUT2D eigenvalue weighted by molar-refractivity contribution is 0.0954. The van der Waals surface area contributed by atoms with Gasteiger partial charge in [-0.15, -0.1) is 0 Å². The number of ether oxygens (including phenoxy) is 2. The highest BCUT2D eigenvalue weighted by molar-refractivity contribution is 6.29. The molecule has 0 aliphatic rings. The Hall–Kier alpha value is -2.47. The fraction of sp³-hybridized carbons (Fsp3) is 0.400. The first-order chi connectivity index (χ1) is 12.9. The minimum atomic E-state index is -0.182. The average molecular weight is 392 g/mol. The standard InChI is InChI=1S/C20H26ClN3O3/c1-5-26-16-8-7-14(11-17(16)27-6-2)9-10-22-20(25)15-12-18(21)23-19(13-15)24(3)4/h7-8,11-13H,5-6,9-10H2,1-4H3,(H,22,25). The summed E-state index contributed by atoms with van der Waals surface area (Å²) in [5.74, 6) is 1.91. The molecule has 0 unspecified atom stereocenters. The zero-order valence-corrected chi connectivity index (χ0v) is 17.0. The Morgan fingerprint density at radius 3 is 2.48 bits per heavy atom. The summed E-state index contributed by atoms with van der Waals surface area (Å²) < 4.78 is 11.2. The third kappa shape index (κ3) is 6.03. The van der Waals surface area contributed by atoms with Crippen molar-refractivity contribution in [2.45, 2.75) is 20.3 Å². The van der Waals surface area contributed by atoms with Crippen LogP contribution in [0.5, 0.6) is 11.5 Å². The zero-order valence-electron chi connectivity index (χ0n) is 16.2. The van der Waals surface area contributed by atoms with Crippen molar-refractivity contribution in [3.8, 4) is 11.5 Å². The van der Waals surface area contributed by atoms with E-state index in [-0.39, 0.29) is 5.91 Å². The van der Waals surface area contributed by atoms with Crippen LogP contribution in [0.4, 0.5) is 5.82 Å². The number of carbonyl (C=O) groups is 1. The summed E-state index contributed by atoms with van der Waals surface area (Å²) in [7, 11) is 3.70. The van der Waals surface area contributed by atoms with Crippen LogP contribution in [0.2, 0.25) is 5.15 Å². The number of hydrogen-bond donors (Lipinski definition) is 1. The first-order valence-electron chi connectivity index (χ1n) is 8.96. The van der Waals surface area contributed by atoms with Gasteiger partial charge in [0.2, 0.25) is 0 Å². The second-order valence-corrected chi connectivity index (χ2v) is 6.47. The van der Waals surface area contributed by atoms with Gasteiger partial charge in [0.1, 0.15) is 11.0 Å². The molecule has 0 fully saturated rings. The fourth-order valence-corrected chi connectivity index (χ4v) is 2.72. The number of pyridine rings is 1. The van der Waals surface area contributed by atoms with E-state index in [1.165, 1.54) is 0 Å². The number of hydrogen-bond acceptors (Lipinski definition) is 5. The van der Waals surface area contributed by atoms with Crippen LogP contribution in [0, 0.1) is 0 Å². The summed E-state index contributed by atoms with van der Waals surface area (Å²) in [6.07, 6.45) is 0.678. The summed E-state index contributed by atoms with van der Waals surface area (Å²) in [6.45, 7) is 5.52. The Morgan fingerprint density at radius 1 is 1.11 bits per heavy atom. The lowest BCUT2D eigenvalue weighted by Gasteiger charge is -2.14. The van der Waals surface area contributed by atoms with Crippen molar-refractivity contribution in [1.29, 1.82) is 0 Å². The molecule has 1 heterocycles. The lowest BCUT2D eigenvalue weighted by atomic mass is 10.1. The predicted octanol–water partition coefficient (Wildman–Crippen LogP) is 3.57. The van der Waals surface area contributed by atoms with E-state index < -0.39 is 0 Å². The van der Waals surface area contributed by atoms with Crippen LogP contribution in [0.3, 0.4) is 0 Å². The van der Waals surface area contributed by atoms with Gasteiger partial charge in [-0.2, -0.15) is 0 Å². The van der Waals surface area contributed by atoms with Crippen molar-refractivity contribution in [2.24, 2.45) is 0 Å². The Morgan fingerprint density at radius 2 is 1.81 bits per heavy atom. The van der Waals surface area contributed by atoms with E-state index in [9.17, 15) is 4.79 Å². The van der Waals surface area contributed by atoms with Crippen molar-refractivity contribution >= 4 is 23.3 Å². The Bertz CT molecular complexity index is 781. The van der Waals surface area contributed by atoms with E-state index in [1.54, 1.807) is 17.0 Å². The van der Waals surface area contributed by atoms with E-state index in [2.05, 4.69) is 10.3 Å². The summed E-state index contributed by atoms with van der Waals surface area (Å²) in [5, 5.41) is 3.21. The number of benzene rings is 1. The molecule has 7 heteroatoms. The van der Waals surface area contributed by atoms with Crippen LogP contribution in [-0.2, 0) is 6.42 Å². The molecule has 146 valence electrons. The molecule has 1 aromatic heterocycles. The van der Waals surface area contributed by atoms with Gasteiger partial charge >= 0.3 is 0 Å². The zero-order chi connectivity index (χ0) is 19.8. The topological polar surface area (TPSA) is 63.7 Å². The quantitative estimate of drug-likeness (QED) is 0.662. The Labute approximate surface area is 165 Å². The molecule has 1 amide bonds. The van der Waals surface area contributed by atoms with Crippen molar-refractivity contribution in [1.82, 2.24) is 10.3 Å². The van der Waals surface area contributed by atoms with E-state index in [1.807, 2.05) is 46.1 Å². The SMILES string of the molecule is CCOc1ccc(CCNC(=O)c2cc(Cl)nc(N(C)C)c2)cc1OCC. The molecule has 0 saturated carbocycles. The van der Waals surface area contributed by atoms with Gasteiger partial charge in [0.05, 0.1) is 13.2 Å². The minimum Gasteiger partial charge on any atom is -0.490 e. The average Bonchev–Trinajstić information content (AvgIpc) is 2.63. The summed E-state index contributed by atoms with van der Waals surface area (Å²) in [4.78, 5) is 18.4. The van der Waals surface area contributed by atoms with E-state index >= 15 is 0 Å². The molecule has 6 nitrogen and oxygen atoms in total. The molecular formula is C20H26ClN3O3. The Kier molecular flexibility index (Phi) is 7.73. The van der Waals surface area contributed by atoms with Crippen LogP contribution in [0.15, 0.2) is 30.3 Å². The van der Waals surface area contributed by atoms with Gasteiger partial charge in [-0.1, -0.05) is 17.7 Å². The molecule has 2 rings (SSSR count). The molecule has 0 bridgehead atoms. The first kappa shape index (κ1) is 20.8. The molecule has 2 aromatic rings. The molecule has 1 aromatic carbocycles. The highest BCUT2D eigenvalue weighted by Gasteiger charge is 2.11. The Balaban J connectivity index is 1.99. The van der Waals surface area contributed by atoms with Crippen LogP contribution < -0.4 is 19.7 Å². The summed E-state index contributed by atoms with van der Waals surface area (Å²) in [5.41, 5.74) is 1.55. The number of aromatic nitrogens is 1. The van der Waals surface area contributed by atoms with Crippen molar-refractivity contribution in [2.75, 3.05) is 38.8 Å². The van der Waals surface area contributed by atoms with E-state index in [4.69, 9.17) is 21.1 Å². The predicted molar refractivity (Wildman–Crippen MR) is 108 cm³/mol. The molecule has 0 saturated heterocycles. The number of halogens is 1. The molecule has 0 atom stereocenters. The second kappa shape index (κ2) is 10.0. The van der Waals surface area contributed by atoms with Gasteiger partial charge < -0.3 is 19.7 Å². The first-order valence-corrected chi connectivity index (χ1v) is 9.34. The molecule has 27 heavy (non-hydrogen) atoms. The maximum absolute atomic E-state index is 12.4. The van der Waals surface area contributed by atoms with Crippen molar-refractivity contribution in [3.63, 3.8) is 0 Å². The smallest absolute Gasteiger partial charge is 0.251 e. The normalized spacial score (nSPS) is 10.4. The third-order valence-corrected chi connectivity index (χ3v) is 4.00. The van der Waals surface area contributed by atoms with Gasteiger partial charge in [-0.25, -0.2) is 4.98 Å². The second-order valence-electron chi connectivity index (χ2n) is 6.08. The van der Waals surface area contributed by atoms with Gasteiger partial charge in [0.25, 0.3) is 5.91 Å². The monoisotopic (exact) mass is 391 g/mol. The van der Waals surface area contributed by atoms with Gasteiger partial charge in [-0.3, -0.25) is 4.79 Å². The third-order valence-electron chi connectivity index (χ3n) is 3.81. The highest BCUT2D eigenvalue weighted by atomic mass is 35.5. The molecular weight excluding hydrogens is 366 g/mol. The molecule has 0 aliphatic carbocycles. The van der Waals surface area contributed by atoms with Gasteiger partial charge in [-0.05, 0) is 50.1 Å². The maximum atomic E-state index is 12.4. The van der Waals surface area contributed by atoms with Crippen LogP contribution in [0.1, 0.15) is 29.8 Å². The summed E-state index contributed by atoms with van der Waals surface area (Å²) in [6, 6.07) is 9.11. The number of nitrogens with one attached hydrogen (secondary N) is 1. The number of anilines is 1. The highest BCUT2D eigenvalue weighted by Crippen LogP contribution is 2.28. The number of rotatable bonds is 9. The van der Waals surface area contributed by atoms with Crippen LogP contribution in [0.25, 0.3) is 0 Å². The van der Waals surface area contributed by atoms with E-state index in [0.717, 1.165) is 17.1 Å². The summed E-state index contributed by atoms with van der Waals surface area (Å²) >= 11 is 6.01. The lowest BCUT2D eigenvalue weighted by Crippen LogP contribution is -2.26. The van der Waals surface area contributed by atoms with Crippen molar-refractivity contribution in [3.05, 3.63) is 46.6 Å². The minimum absolute atomic E-state index is 0.182. The fourth-order valence-electron chi connectivity index (χ4n) is 2.52. The van der Waals surface area contributed by atoms with Gasteiger partial charge in [0, 0.05) is 26.2 Å². The molecule has 0 spiro atoms. The largest absolute Gasteiger partial charge is 0.490 e. The molecule has 0 aliphatic heterocycles. The number of nitrogens with zero attached hydrogens (tertiary/aromatic N) is 2. The number of carbonyl (C=O) groups excluding carboxylic acids is 1. The van der Waals surface area contributed by atoms with Crippen molar-refractivity contribution < 1.29 is 14.3 Å².